The van der Waals surface area contributed by atoms with Gasteiger partial charge in [-0.15, -0.1) is 0 Å². The second kappa shape index (κ2) is 3.70. The van der Waals surface area contributed by atoms with E-state index in [4.69, 9.17) is 0 Å². The average Bonchev–Trinajstić information content (AvgIpc) is 2.77. The highest BCUT2D eigenvalue weighted by molar-refractivity contribution is 7.92. The minimum absolute atomic E-state index is 0.0402. The first-order valence-corrected chi connectivity index (χ1v) is 8.64. The van der Waals surface area contributed by atoms with Crippen molar-refractivity contribution < 1.29 is 8.42 Å². The van der Waals surface area contributed by atoms with Gasteiger partial charge in [-0.25, -0.2) is 8.42 Å². The summed E-state index contributed by atoms with van der Waals surface area (Å²) in [5, 5.41) is -0.0402. The molecule has 0 bridgehead atoms. The molecule has 3 unspecified atom stereocenters. The van der Waals surface area contributed by atoms with E-state index in [0.29, 0.717) is 17.7 Å². The van der Waals surface area contributed by atoms with Crippen molar-refractivity contribution in [2.45, 2.75) is 62.8 Å². The molecule has 0 amide bonds. The van der Waals surface area contributed by atoms with E-state index in [1.807, 2.05) is 0 Å². The molecule has 3 fully saturated rings. The van der Waals surface area contributed by atoms with Crippen molar-refractivity contribution in [2.24, 2.45) is 5.92 Å². The summed E-state index contributed by atoms with van der Waals surface area (Å²) in [6, 6.07) is 0.348. The third-order valence-corrected chi connectivity index (χ3v) is 7.22. The first kappa shape index (κ1) is 12.0. The topological polar surface area (TPSA) is 37.4 Å². The van der Waals surface area contributed by atoms with Crippen molar-refractivity contribution in [1.82, 2.24) is 4.90 Å². The molecule has 3 saturated heterocycles. The first-order chi connectivity index (χ1) is 7.95. The molecule has 3 aliphatic rings. The van der Waals surface area contributed by atoms with E-state index in [2.05, 4.69) is 18.7 Å². The summed E-state index contributed by atoms with van der Waals surface area (Å²) in [5.41, 5.74) is 0.233. The van der Waals surface area contributed by atoms with Crippen LogP contribution in [0.4, 0.5) is 0 Å². The molecule has 0 aromatic carbocycles. The number of hydrogen-bond acceptors (Lipinski definition) is 3. The monoisotopic (exact) mass is 257 g/mol. The van der Waals surface area contributed by atoms with Crippen molar-refractivity contribution in [2.75, 3.05) is 12.3 Å². The van der Waals surface area contributed by atoms with E-state index in [1.165, 1.54) is 19.3 Å². The number of hydrogen-bond donors (Lipinski definition) is 0. The van der Waals surface area contributed by atoms with Crippen LogP contribution in [0, 0.1) is 5.92 Å². The molecule has 3 rings (SSSR count). The fraction of sp³-hybridized carbons (Fsp3) is 1.00. The second-order valence-electron chi connectivity index (χ2n) is 6.58. The van der Waals surface area contributed by atoms with E-state index in [0.717, 1.165) is 19.4 Å². The Balaban J connectivity index is 1.92. The lowest BCUT2D eigenvalue weighted by molar-refractivity contribution is 0.126. The van der Waals surface area contributed by atoms with Gasteiger partial charge in [0.05, 0.1) is 11.0 Å². The Labute approximate surface area is 104 Å². The van der Waals surface area contributed by atoms with Crippen LogP contribution in [0.25, 0.3) is 0 Å². The summed E-state index contributed by atoms with van der Waals surface area (Å²) in [6.45, 7) is 5.64. The standard InChI is InChI=1S/C13H23NO2S/c1-10(2)8-13-5-3-6-14(13)11-4-7-17(15,16)12(11)9-13/h10-12H,3-9H2,1-2H3. The van der Waals surface area contributed by atoms with Gasteiger partial charge in [0.1, 0.15) is 0 Å². The Kier molecular flexibility index (Phi) is 2.61. The van der Waals surface area contributed by atoms with Crippen LogP contribution in [0.2, 0.25) is 0 Å². The van der Waals surface area contributed by atoms with Crippen LogP contribution >= 0.6 is 0 Å². The Hall–Kier alpha value is -0.0900. The predicted molar refractivity (Wildman–Crippen MR) is 68.7 cm³/mol. The normalized spacial score (nSPS) is 44.2. The van der Waals surface area contributed by atoms with Gasteiger partial charge >= 0.3 is 0 Å². The Morgan fingerprint density at radius 1 is 1.41 bits per heavy atom. The number of sulfone groups is 1. The van der Waals surface area contributed by atoms with Crippen molar-refractivity contribution in [1.29, 1.82) is 0 Å². The molecule has 0 radical (unpaired) electrons. The van der Waals surface area contributed by atoms with Gasteiger partial charge in [-0.05, 0) is 44.6 Å². The fourth-order valence-electron chi connectivity index (χ4n) is 4.61. The zero-order chi connectivity index (χ0) is 12.3. The lowest BCUT2D eigenvalue weighted by Gasteiger charge is -2.36. The summed E-state index contributed by atoms with van der Waals surface area (Å²) in [6.07, 6.45) is 5.45. The van der Waals surface area contributed by atoms with Crippen molar-refractivity contribution in [3.8, 4) is 0 Å². The van der Waals surface area contributed by atoms with Crippen molar-refractivity contribution in [3.05, 3.63) is 0 Å². The highest BCUT2D eigenvalue weighted by atomic mass is 32.2. The lowest BCUT2D eigenvalue weighted by atomic mass is 9.85. The van der Waals surface area contributed by atoms with Gasteiger partial charge in [-0.3, -0.25) is 4.90 Å². The summed E-state index contributed by atoms with van der Waals surface area (Å²) < 4.78 is 24.2. The zero-order valence-electron chi connectivity index (χ0n) is 10.9. The molecule has 4 heteroatoms. The molecule has 0 aromatic rings. The first-order valence-electron chi connectivity index (χ1n) is 6.93. The zero-order valence-corrected chi connectivity index (χ0v) is 11.7. The molecule has 3 atom stereocenters. The Morgan fingerprint density at radius 2 is 2.18 bits per heavy atom. The molecule has 0 spiro atoms. The maximum atomic E-state index is 12.1. The minimum atomic E-state index is -2.78. The van der Waals surface area contributed by atoms with Crippen LogP contribution in [0.3, 0.4) is 0 Å². The van der Waals surface area contributed by atoms with E-state index in [-0.39, 0.29) is 10.8 Å². The third kappa shape index (κ3) is 1.67. The number of rotatable bonds is 2. The quantitative estimate of drug-likeness (QED) is 0.757. The summed E-state index contributed by atoms with van der Waals surface area (Å²) in [4.78, 5) is 2.57. The second-order valence-corrected chi connectivity index (χ2v) is 8.92. The smallest absolute Gasteiger partial charge is 0.154 e. The molecule has 0 saturated carbocycles. The molecular weight excluding hydrogens is 234 g/mol. The molecular formula is C13H23NO2S. The Morgan fingerprint density at radius 3 is 2.88 bits per heavy atom. The van der Waals surface area contributed by atoms with E-state index < -0.39 is 9.84 Å². The van der Waals surface area contributed by atoms with Gasteiger partial charge in [-0.2, -0.15) is 0 Å². The molecule has 0 aliphatic carbocycles. The molecule has 0 N–H and O–H groups in total. The van der Waals surface area contributed by atoms with Crippen LogP contribution in [0.15, 0.2) is 0 Å². The summed E-state index contributed by atoms with van der Waals surface area (Å²) in [5.74, 6) is 1.09. The van der Waals surface area contributed by atoms with Crippen LogP contribution in [0.1, 0.15) is 46.0 Å². The minimum Gasteiger partial charge on any atom is -0.293 e. The van der Waals surface area contributed by atoms with Crippen LogP contribution in [-0.2, 0) is 9.84 Å². The highest BCUT2D eigenvalue weighted by Crippen LogP contribution is 2.51. The average molecular weight is 257 g/mol. The van der Waals surface area contributed by atoms with Gasteiger partial charge in [-0.1, -0.05) is 13.8 Å². The maximum absolute atomic E-state index is 12.1. The molecule has 3 aliphatic heterocycles. The maximum Gasteiger partial charge on any atom is 0.154 e. The molecule has 3 nitrogen and oxygen atoms in total. The molecule has 0 aromatic heterocycles. The lowest BCUT2D eigenvalue weighted by Crippen LogP contribution is -2.43. The van der Waals surface area contributed by atoms with Crippen molar-refractivity contribution >= 4 is 9.84 Å². The molecule has 3 heterocycles. The van der Waals surface area contributed by atoms with E-state index >= 15 is 0 Å². The van der Waals surface area contributed by atoms with Crippen LogP contribution in [-0.4, -0.2) is 42.4 Å². The van der Waals surface area contributed by atoms with Gasteiger partial charge in [0.25, 0.3) is 0 Å². The molecule has 17 heavy (non-hydrogen) atoms. The van der Waals surface area contributed by atoms with Gasteiger partial charge in [0.15, 0.2) is 9.84 Å². The van der Waals surface area contributed by atoms with Gasteiger partial charge in [0, 0.05) is 11.6 Å². The third-order valence-electron chi connectivity index (χ3n) is 5.01. The SMILES string of the molecule is CC(C)CC12CCCN1C1CCS(=O)(=O)C1C2. The Bertz CT molecular complexity index is 417. The number of fused-ring (bicyclic) bond motifs is 3. The van der Waals surface area contributed by atoms with Crippen molar-refractivity contribution in [3.63, 3.8) is 0 Å². The number of nitrogens with zero attached hydrogens (tertiary/aromatic N) is 1. The van der Waals surface area contributed by atoms with E-state index in [9.17, 15) is 8.42 Å². The summed E-state index contributed by atoms with van der Waals surface area (Å²) in [7, 11) is -2.78. The summed E-state index contributed by atoms with van der Waals surface area (Å²) >= 11 is 0. The highest BCUT2D eigenvalue weighted by Gasteiger charge is 2.59. The van der Waals surface area contributed by atoms with Crippen LogP contribution in [0.5, 0.6) is 0 Å². The van der Waals surface area contributed by atoms with E-state index in [1.54, 1.807) is 0 Å². The predicted octanol–water partition coefficient (Wildman–Crippen LogP) is 1.83. The van der Waals surface area contributed by atoms with Gasteiger partial charge in [0.2, 0.25) is 0 Å². The largest absolute Gasteiger partial charge is 0.293 e. The van der Waals surface area contributed by atoms with Crippen LogP contribution < -0.4 is 0 Å². The van der Waals surface area contributed by atoms with Gasteiger partial charge < -0.3 is 0 Å². The molecule has 98 valence electrons. The fourth-order valence-corrected chi connectivity index (χ4v) is 6.81.